The van der Waals surface area contributed by atoms with Gasteiger partial charge in [0, 0.05) is 27.9 Å². The second-order valence-electron chi connectivity index (χ2n) is 5.72. The largest absolute Gasteiger partial charge is 0.309 e. The quantitative estimate of drug-likeness (QED) is 0.765. The molecule has 1 saturated carbocycles. The molecule has 3 heteroatoms. The molecule has 0 saturated heterocycles. The lowest BCUT2D eigenvalue weighted by molar-refractivity contribution is 0.255. The Hall–Kier alpha value is -0.640. The normalized spacial score (nSPS) is 23.1. The first-order chi connectivity index (χ1) is 9.86. The molecule has 1 N–H and O–H groups in total. The summed E-state index contributed by atoms with van der Waals surface area (Å²) in [5, 5.41) is 8.26. The Bertz CT molecular complexity index is 515. The molecule has 1 aliphatic carbocycles. The van der Waals surface area contributed by atoms with E-state index in [-0.39, 0.29) is 0 Å². The standard InChI is InChI=1S/C17H23NS2/c1-2-13-6-3-4-7-16(13)18-11-15-10-14(12-20-15)17-8-5-9-19-17/h5,8-10,12-13,16,18H,2-4,6-7,11H2,1H3. The van der Waals surface area contributed by atoms with Gasteiger partial charge in [0.05, 0.1) is 0 Å². The molecule has 2 atom stereocenters. The molecule has 1 fully saturated rings. The highest BCUT2D eigenvalue weighted by atomic mass is 32.1. The van der Waals surface area contributed by atoms with Gasteiger partial charge in [-0.3, -0.25) is 0 Å². The van der Waals surface area contributed by atoms with Crippen LogP contribution in [0.1, 0.15) is 43.9 Å². The highest BCUT2D eigenvalue weighted by Gasteiger charge is 2.22. The fraction of sp³-hybridized carbons (Fsp3) is 0.529. The van der Waals surface area contributed by atoms with Gasteiger partial charge in [-0.1, -0.05) is 32.3 Å². The molecule has 2 unspecified atom stereocenters. The molecule has 1 nitrogen and oxygen atoms in total. The van der Waals surface area contributed by atoms with Crippen molar-refractivity contribution < 1.29 is 0 Å². The molecule has 0 radical (unpaired) electrons. The molecular formula is C17H23NS2. The van der Waals surface area contributed by atoms with E-state index >= 15 is 0 Å². The minimum Gasteiger partial charge on any atom is -0.309 e. The third kappa shape index (κ3) is 3.33. The Morgan fingerprint density at radius 3 is 2.95 bits per heavy atom. The van der Waals surface area contributed by atoms with Crippen molar-refractivity contribution in [3.05, 3.63) is 33.8 Å². The fourth-order valence-corrected chi connectivity index (χ4v) is 4.87. The summed E-state index contributed by atoms with van der Waals surface area (Å²) < 4.78 is 0. The van der Waals surface area contributed by atoms with Crippen LogP contribution in [0.5, 0.6) is 0 Å². The van der Waals surface area contributed by atoms with Crippen LogP contribution in [-0.4, -0.2) is 6.04 Å². The molecule has 0 amide bonds. The zero-order valence-electron chi connectivity index (χ0n) is 12.1. The number of nitrogens with one attached hydrogen (secondary N) is 1. The minimum absolute atomic E-state index is 0.737. The first-order valence-corrected chi connectivity index (χ1v) is 9.47. The Morgan fingerprint density at radius 2 is 2.15 bits per heavy atom. The van der Waals surface area contributed by atoms with E-state index in [0.717, 1.165) is 18.5 Å². The van der Waals surface area contributed by atoms with Crippen molar-refractivity contribution in [2.24, 2.45) is 5.92 Å². The molecule has 20 heavy (non-hydrogen) atoms. The van der Waals surface area contributed by atoms with Crippen molar-refractivity contribution >= 4 is 22.7 Å². The molecule has 2 aromatic rings. The van der Waals surface area contributed by atoms with E-state index in [9.17, 15) is 0 Å². The number of thiophene rings is 2. The van der Waals surface area contributed by atoms with E-state index in [1.807, 2.05) is 22.7 Å². The van der Waals surface area contributed by atoms with Gasteiger partial charge in [0.25, 0.3) is 0 Å². The smallest absolute Gasteiger partial charge is 0.0351 e. The molecular weight excluding hydrogens is 282 g/mol. The Morgan fingerprint density at radius 1 is 1.25 bits per heavy atom. The highest BCUT2D eigenvalue weighted by molar-refractivity contribution is 7.14. The van der Waals surface area contributed by atoms with Crippen molar-refractivity contribution in [2.45, 2.75) is 51.6 Å². The van der Waals surface area contributed by atoms with Crippen molar-refractivity contribution in [3.8, 4) is 10.4 Å². The minimum atomic E-state index is 0.737. The van der Waals surface area contributed by atoms with Crippen molar-refractivity contribution in [3.63, 3.8) is 0 Å². The number of hydrogen-bond donors (Lipinski definition) is 1. The van der Waals surface area contributed by atoms with Gasteiger partial charge in [0.15, 0.2) is 0 Å². The van der Waals surface area contributed by atoms with Crippen molar-refractivity contribution in [1.82, 2.24) is 5.32 Å². The lowest BCUT2D eigenvalue weighted by Gasteiger charge is -2.31. The average Bonchev–Trinajstić information content (AvgIpc) is 3.16. The van der Waals surface area contributed by atoms with E-state index < -0.39 is 0 Å². The third-order valence-corrected chi connectivity index (χ3v) is 6.29. The van der Waals surface area contributed by atoms with Crippen LogP contribution in [0, 0.1) is 5.92 Å². The van der Waals surface area contributed by atoms with Crippen LogP contribution in [-0.2, 0) is 6.54 Å². The summed E-state index contributed by atoms with van der Waals surface area (Å²) in [4.78, 5) is 2.85. The van der Waals surface area contributed by atoms with Crippen molar-refractivity contribution in [2.75, 3.05) is 0 Å². The lowest BCUT2D eigenvalue weighted by Crippen LogP contribution is -2.37. The van der Waals surface area contributed by atoms with Gasteiger partial charge in [0.1, 0.15) is 0 Å². The number of rotatable bonds is 5. The topological polar surface area (TPSA) is 12.0 Å². The predicted molar refractivity (Wildman–Crippen MR) is 90.5 cm³/mol. The van der Waals surface area contributed by atoms with Crippen LogP contribution in [0.25, 0.3) is 10.4 Å². The highest BCUT2D eigenvalue weighted by Crippen LogP contribution is 2.30. The summed E-state index contributed by atoms with van der Waals surface area (Å²) in [7, 11) is 0. The monoisotopic (exact) mass is 305 g/mol. The summed E-state index contributed by atoms with van der Waals surface area (Å²) in [6.07, 6.45) is 6.93. The number of hydrogen-bond acceptors (Lipinski definition) is 3. The Kier molecular flexibility index (Phi) is 4.92. The van der Waals surface area contributed by atoms with Gasteiger partial charge < -0.3 is 5.32 Å². The van der Waals surface area contributed by atoms with E-state index in [1.54, 1.807) is 0 Å². The molecule has 2 heterocycles. The summed E-state index contributed by atoms with van der Waals surface area (Å²) in [5.41, 5.74) is 1.39. The van der Waals surface area contributed by atoms with Crippen molar-refractivity contribution in [1.29, 1.82) is 0 Å². The predicted octanol–water partition coefficient (Wildman–Crippen LogP) is 5.54. The third-order valence-electron chi connectivity index (χ3n) is 4.43. The maximum Gasteiger partial charge on any atom is 0.0351 e. The average molecular weight is 306 g/mol. The molecule has 0 aliphatic heterocycles. The van der Waals surface area contributed by atoms with Gasteiger partial charge in [-0.2, -0.15) is 0 Å². The van der Waals surface area contributed by atoms with Crippen LogP contribution in [0.15, 0.2) is 29.0 Å². The second-order valence-corrected chi connectivity index (χ2v) is 7.66. The van der Waals surface area contributed by atoms with Crippen LogP contribution < -0.4 is 5.32 Å². The first-order valence-electron chi connectivity index (χ1n) is 7.71. The fourth-order valence-electron chi connectivity index (χ4n) is 3.24. The zero-order valence-corrected chi connectivity index (χ0v) is 13.7. The summed E-state index contributed by atoms with van der Waals surface area (Å²) in [6, 6.07) is 7.43. The first kappa shape index (κ1) is 14.3. The maximum absolute atomic E-state index is 3.81. The summed E-state index contributed by atoms with van der Waals surface area (Å²) in [6.45, 7) is 3.38. The van der Waals surface area contributed by atoms with Crippen LogP contribution in [0.2, 0.25) is 0 Å². The van der Waals surface area contributed by atoms with Gasteiger partial charge in [-0.15, -0.1) is 22.7 Å². The Labute approximate surface area is 130 Å². The van der Waals surface area contributed by atoms with E-state index in [0.29, 0.717) is 0 Å². The molecule has 3 rings (SSSR count). The van der Waals surface area contributed by atoms with Gasteiger partial charge in [0.2, 0.25) is 0 Å². The molecule has 1 aliphatic rings. The van der Waals surface area contributed by atoms with Gasteiger partial charge in [-0.05, 0) is 41.7 Å². The van der Waals surface area contributed by atoms with Crippen LogP contribution in [0.3, 0.4) is 0 Å². The van der Waals surface area contributed by atoms with Crippen LogP contribution in [0.4, 0.5) is 0 Å². The maximum atomic E-state index is 3.81. The molecule has 108 valence electrons. The Balaban J connectivity index is 1.58. The van der Waals surface area contributed by atoms with E-state index in [4.69, 9.17) is 0 Å². The molecule has 0 aromatic carbocycles. The lowest BCUT2D eigenvalue weighted by atomic mass is 9.83. The van der Waals surface area contributed by atoms with Gasteiger partial charge >= 0.3 is 0 Å². The summed E-state index contributed by atoms with van der Waals surface area (Å²) in [5.74, 6) is 0.889. The van der Waals surface area contributed by atoms with E-state index in [1.165, 1.54) is 47.4 Å². The van der Waals surface area contributed by atoms with Crippen LogP contribution >= 0.6 is 22.7 Å². The molecule has 0 bridgehead atoms. The summed E-state index contributed by atoms with van der Waals surface area (Å²) >= 11 is 3.72. The molecule has 0 spiro atoms. The molecule has 2 aromatic heterocycles. The SMILES string of the molecule is CCC1CCCCC1NCc1cc(-c2cccs2)cs1. The second kappa shape index (κ2) is 6.88. The van der Waals surface area contributed by atoms with E-state index in [2.05, 4.69) is 41.2 Å². The van der Waals surface area contributed by atoms with Gasteiger partial charge in [-0.25, -0.2) is 0 Å². The zero-order chi connectivity index (χ0) is 13.8.